The van der Waals surface area contributed by atoms with E-state index in [1.54, 1.807) is 11.0 Å². The number of carbonyl (C=O) groups is 1. The number of nitrogens with two attached hydrogens (primary N) is 1. The maximum absolute atomic E-state index is 12.9. The van der Waals surface area contributed by atoms with E-state index in [1.807, 2.05) is 36.4 Å². The van der Waals surface area contributed by atoms with Crippen molar-refractivity contribution in [2.45, 2.75) is 6.54 Å². The van der Waals surface area contributed by atoms with Crippen molar-refractivity contribution in [3.05, 3.63) is 71.2 Å². The third-order valence-electron chi connectivity index (χ3n) is 5.24. The summed E-state index contributed by atoms with van der Waals surface area (Å²) in [7, 11) is 1.52. The van der Waals surface area contributed by atoms with Gasteiger partial charge >= 0.3 is 0 Å². The molecule has 3 heterocycles. The summed E-state index contributed by atoms with van der Waals surface area (Å²) >= 11 is 0. The summed E-state index contributed by atoms with van der Waals surface area (Å²) < 4.78 is 5.23. The minimum atomic E-state index is -0.142. The van der Waals surface area contributed by atoms with Crippen LogP contribution >= 0.6 is 0 Å². The van der Waals surface area contributed by atoms with Crippen LogP contribution in [0, 0.1) is 11.3 Å². The summed E-state index contributed by atoms with van der Waals surface area (Å²) in [5.74, 6) is 0.256. The van der Waals surface area contributed by atoms with E-state index in [2.05, 4.69) is 11.1 Å². The highest BCUT2D eigenvalue weighted by Crippen LogP contribution is 2.39. The molecule has 0 atom stereocenters. The van der Waals surface area contributed by atoms with Crippen molar-refractivity contribution in [2.24, 2.45) is 0 Å². The van der Waals surface area contributed by atoms with E-state index in [9.17, 15) is 10.1 Å². The number of nitriles is 1. The quantitative estimate of drug-likeness (QED) is 0.747. The number of hydrogen-bond donors (Lipinski definition) is 1. The number of anilines is 1. The molecule has 1 amide bonds. The van der Waals surface area contributed by atoms with Gasteiger partial charge in [0, 0.05) is 34.5 Å². The fourth-order valence-corrected chi connectivity index (χ4v) is 3.72. The highest BCUT2D eigenvalue weighted by atomic mass is 16.5. The Labute approximate surface area is 166 Å². The highest BCUT2D eigenvalue weighted by Gasteiger charge is 2.34. The SMILES string of the molecule is COc1cc(-c2cccc3c(N)c4c(nc23)CN(C2=CC=C2)C4=O)c(C#N)cn1. The Morgan fingerprint density at radius 1 is 1.31 bits per heavy atom. The van der Waals surface area contributed by atoms with Crippen LogP contribution in [-0.4, -0.2) is 27.9 Å². The van der Waals surface area contributed by atoms with Gasteiger partial charge in [-0.2, -0.15) is 5.26 Å². The average Bonchev–Trinajstić information content (AvgIpc) is 3.02. The molecule has 2 aromatic heterocycles. The van der Waals surface area contributed by atoms with Crippen LogP contribution in [0.2, 0.25) is 0 Å². The van der Waals surface area contributed by atoms with Crippen molar-refractivity contribution >= 4 is 22.5 Å². The van der Waals surface area contributed by atoms with Gasteiger partial charge in [-0.25, -0.2) is 9.97 Å². The number of methoxy groups -OCH3 is 1. The number of pyridine rings is 2. The summed E-state index contributed by atoms with van der Waals surface area (Å²) in [5.41, 5.74) is 11.2. The van der Waals surface area contributed by atoms with Gasteiger partial charge in [-0.1, -0.05) is 24.3 Å². The fraction of sp³-hybridized carbons (Fsp3) is 0.0909. The predicted octanol–water partition coefficient (Wildman–Crippen LogP) is 3.17. The van der Waals surface area contributed by atoms with Crippen LogP contribution < -0.4 is 10.5 Å². The molecule has 0 saturated carbocycles. The lowest BCUT2D eigenvalue weighted by Gasteiger charge is -2.19. The van der Waals surface area contributed by atoms with Crippen molar-refractivity contribution in [1.29, 1.82) is 5.26 Å². The van der Waals surface area contributed by atoms with Gasteiger partial charge in [0.1, 0.15) is 6.07 Å². The number of para-hydroxylation sites is 1. The Balaban J connectivity index is 1.75. The minimum Gasteiger partial charge on any atom is -0.481 e. The van der Waals surface area contributed by atoms with Gasteiger partial charge in [0.05, 0.1) is 41.7 Å². The zero-order chi connectivity index (χ0) is 20.1. The van der Waals surface area contributed by atoms with E-state index >= 15 is 0 Å². The standard InChI is InChI=1S/C22H15N5O2/c1-29-18-8-16(12(9-23)10-25-18)14-6-3-7-15-20(24)19-17(26-21(14)15)11-27(22(19)28)13-4-2-5-13/h2-8,10H,11H2,1H3,(H2,24,26). The molecule has 140 valence electrons. The molecule has 0 radical (unpaired) electrons. The summed E-state index contributed by atoms with van der Waals surface area (Å²) in [6.45, 7) is 0.365. The van der Waals surface area contributed by atoms with Crippen molar-refractivity contribution in [2.75, 3.05) is 12.8 Å². The van der Waals surface area contributed by atoms with Crippen LogP contribution in [0.5, 0.6) is 5.88 Å². The molecule has 1 aliphatic heterocycles. The van der Waals surface area contributed by atoms with Gasteiger partial charge in [0.15, 0.2) is 0 Å². The molecule has 7 heteroatoms. The second-order valence-electron chi connectivity index (χ2n) is 6.77. The van der Waals surface area contributed by atoms with Crippen LogP contribution in [0.1, 0.15) is 21.6 Å². The first-order valence-electron chi connectivity index (χ1n) is 8.98. The number of amides is 1. The van der Waals surface area contributed by atoms with E-state index in [1.165, 1.54) is 13.3 Å². The number of nitrogen functional groups attached to an aromatic ring is 1. The van der Waals surface area contributed by atoms with Crippen LogP contribution in [0.15, 0.2) is 54.4 Å². The highest BCUT2D eigenvalue weighted by molar-refractivity contribution is 6.12. The molecule has 5 rings (SSSR count). The number of allylic oxidation sites excluding steroid dienone is 3. The Morgan fingerprint density at radius 2 is 2.14 bits per heavy atom. The molecule has 1 aliphatic carbocycles. The summed E-state index contributed by atoms with van der Waals surface area (Å²) in [5, 5.41) is 10.2. The molecule has 0 bridgehead atoms. The first-order valence-corrected chi connectivity index (χ1v) is 8.98. The maximum Gasteiger partial charge on any atom is 0.262 e. The summed E-state index contributed by atoms with van der Waals surface area (Å²) in [6.07, 6.45) is 7.13. The molecule has 2 N–H and O–H groups in total. The molecular weight excluding hydrogens is 366 g/mol. The number of benzene rings is 1. The van der Waals surface area contributed by atoms with Gasteiger partial charge in [0.2, 0.25) is 5.88 Å². The van der Waals surface area contributed by atoms with Crippen molar-refractivity contribution in [1.82, 2.24) is 14.9 Å². The molecule has 7 nitrogen and oxygen atoms in total. The number of nitrogens with zero attached hydrogens (tertiary/aromatic N) is 4. The van der Waals surface area contributed by atoms with E-state index in [-0.39, 0.29) is 5.91 Å². The third kappa shape index (κ3) is 2.39. The summed E-state index contributed by atoms with van der Waals surface area (Å²) in [6, 6.07) is 9.43. The van der Waals surface area contributed by atoms with E-state index in [0.717, 1.165) is 11.3 Å². The van der Waals surface area contributed by atoms with Crippen LogP contribution in [-0.2, 0) is 6.54 Å². The number of aromatic nitrogens is 2. The monoisotopic (exact) mass is 381 g/mol. The molecule has 2 aliphatic rings. The van der Waals surface area contributed by atoms with Crippen LogP contribution in [0.4, 0.5) is 5.69 Å². The van der Waals surface area contributed by atoms with E-state index in [0.29, 0.717) is 51.4 Å². The van der Waals surface area contributed by atoms with Gasteiger partial charge in [-0.3, -0.25) is 4.79 Å². The number of ether oxygens (including phenoxy) is 1. The second-order valence-corrected chi connectivity index (χ2v) is 6.77. The first-order chi connectivity index (χ1) is 14.1. The molecular formula is C22H15N5O2. The van der Waals surface area contributed by atoms with Crippen molar-refractivity contribution in [3.8, 4) is 23.1 Å². The molecule has 29 heavy (non-hydrogen) atoms. The second kappa shape index (κ2) is 6.17. The lowest BCUT2D eigenvalue weighted by atomic mass is 9.97. The summed E-state index contributed by atoms with van der Waals surface area (Å²) in [4.78, 5) is 23.5. The number of carbonyl (C=O) groups excluding carboxylic acids is 1. The van der Waals surface area contributed by atoms with Gasteiger partial charge < -0.3 is 15.4 Å². The van der Waals surface area contributed by atoms with Gasteiger partial charge in [-0.05, 0) is 12.2 Å². The first kappa shape index (κ1) is 17.0. The Hall–Kier alpha value is -4.18. The van der Waals surface area contributed by atoms with E-state index < -0.39 is 0 Å². The lowest BCUT2D eigenvalue weighted by Crippen LogP contribution is -2.24. The van der Waals surface area contributed by atoms with Crippen LogP contribution in [0.3, 0.4) is 0 Å². The average molecular weight is 381 g/mol. The largest absolute Gasteiger partial charge is 0.481 e. The Morgan fingerprint density at radius 3 is 2.83 bits per heavy atom. The third-order valence-corrected chi connectivity index (χ3v) is 5.24. The van der Waals surface area contributed by atoms with Gasteiger partial charge in [-0.15, -0.1) is 0 Å². The minimum absolute atomic E-state index is 0.142. The number of rotatable bonds is 3. The lowest BCUT2D eigenvalue weighted by molar-refractivity contribution is 0.0831. The molecule has 0 fully saturated rings. The zero-order valence-electron chi connectivity index (χ0n) is 15.5. The molecule has 0 unspecified atom stereocenters. The van der Waals surface area contributed by atoms with Crippen LogP contribution in [0.25, 0.3) is 22.0 Å². The topological polar surface area (TPSA) is 105 Å². The zero-order valence-corrected chi connectivity index (χ0v) is 15.5. The molecule has 0 spiro atoms. The molecule has 3 aromatic rings. The van der Waals surface area contributed by atoms with Crippen molar-refractivity contribution < 1.29 is 9.53 Å². The Bertz CT molecular complexity index is 1320. The normalized spacial score (nSPS) is 14.4. The Kier molecular flexibility index (Phi) is 3.61. The fourth-order valence-electron chi connectivity index (χ4n) is 3.72. The van der Waals surface area contributed by atoms with Gasteiger partial charge in [0.25, 0.3) is 5.91 Å². The van der Waals surface area contributed by atoms with E-state index in [4.69, 9.17) is 15.5 Å². The maximum atomic E-state index is 12.9. The van der Waals surface area contributed by atoms with Crippen molar-refractivity contribution in [3.63, 3.8) is 0 Å². The number of fused-ring (bicyclic) bond motifs is 2. The predicted molar refractivity (Wildman–Crippen MR) is 108 cm³/mol. The molecule has 1 aromatic carbocycles. The molecule has 0 saturated heterocycles. The smallest absolute Gasteiger partial charge is 0.262 e. The number of hydrogen-bond acceptors (Lipinski definition) is 6.